The highest BCUT2D eigenvalue weighted by molar-refractivity contribution is 5.82. The van der Waals surface area contributed by atoms with Gasteiger partial charge < -0.3 is 15.0 Å². The van der Waals surface area contributed by atoms with Crippen LogP contribution in [-0.4, -0.2) is 28.1 Å². The molecule has 0 rings (SSSR count). The summed E-state index contributed by atoms with van der Waals surface area (Å²) in [6.07, 6.45) is -1.08. The molecule has 0 saturated heterocycles. The van der Waals surface area contributed by atoms with E-state index in [1.807, 2.05) is 0 Å². The van der Waals surface area contributed by atoms with Gasteiger partial charge in [-0.3, -0.25) is 4.79 Å². The number of aliphatic carboxylic acids is 1. The minimum atomic E-state index is -1.13. The molecule has 64 valence electrons. The first-order valence-electron chi connectivity index (χ1n) is 3.35. The summed E-state index contributed by atoms with van der Waals surface area (Å²) < 4.78 is 0. The number of ketones is 1. The van der Waals surface area contributed by atoms with Gasteiger partial charge in [-0.1, -0.05) is 0 Å². The van der Waals surface area contributed by atoms with Gasteiger partial charge in [0.2, 0.25) is 0 Å². The van der Waals surface area contributed by atoms with Crippen molar-refractivity contribution in [1.82, 2.24) is 0 Å². The number of hydrogen-bond acceptors (Lipinski definition) is 3. The van der Waals surface area contributed by atoms with E-state index in [2.05, 4.69) is 0 Å². The molecule has 0 aliphatic rings. The Morgan fingerprint density at radius 2 is 1.91 bits per heavy atom. The monoisotopic (exact) mass is 160 g/mol. The van der Waals surface area contributed by atoms with Gasteiger partial charge in [-0.05, 0) is 13.8 Å². The first-order chi connectivity index (χ1) is 4.95. The van der Waals surface area contributed by atoms with Crippen molar-refractivity contribution in [2.45, 2.75) is 26.4 Å². The predicted molar refractivity (Wildman–Crippen MR) is 38.1 cm³/mol. The minimum Gasteiger partial charge on any atom is -0.481 e. The average molecular weight is 160 g/mol. The maximum atomic E-state index is 10.5. The number of rotatable bonds is 4. The third-order valence-electron chi connectivity index (χ3n) is 1.41. The second-order valence-electron chi connectivity index (χ2n) is 2.59. The van der Waals surface area contributed by atoms with Crippen LogP contribution in [0, 0.1) is 5.92 Å². The van der Waals surface area contributed by atoms with E-state index in [1.54, 1.807) is 0 Å². The molecule has 0 aromatic rings. The van der Waals surface area contributed by atoms with E-state index in [0.29, 0.717) is 0 Å². The molecule has 0 heterocycles. The zero-order valence-corrected chi connectivity index (χ0v) is 6.57. The fourth-order valence-corrected chi connectivity index (χ4v) is 0.774. The van der Waals surface area contributed by atoms with Crippen LogP contribution in [0.1, 0.15) is 20.3 Å². The lowest BCUT2D eigenvalue weighted by molar-refractivity contribution is -0.147. The van der Waals surface area contributed by atoms with Crippen LogP contribution in [-0.2, 0) is 9.59 Å². The lowest BCUT2D eigenvalue weighted by Crippen LogP contribution is -2.27. The number of carboxylic acids is 1. The Labute approximate surface area is 64.8 Å². The Hall–Kier alpha value is -0.900. The van der Waals surface area contributed by atoms with Gasteiger partial charge in [0.15, 0.2) is 0 Å². The second-order valence-corrected chi connectivity index (χ2v) is 2.59. The summed E-state index contributed by atoms with van der Waals surface area (Å²) in [4.78, 5) is 20.9. The van der Waals surface area contributed by atoms with E-state index in [9.17, 15) is 9.59 Å². The molecule has 0 bridgehead atoms. The van der Waals surface area contributed by atoms with Crippen molar-refractivity contribution in [1.29, 1.82) is 0 Å². The molecule has 2 atom stereocenters. The van der Waals surface area contributed by atoms with Crippen LogP contribution in [0.5, 0.6) is 0 Å². The van der Waals surface area contributed by atoms with Crippen LogP contribution in [0.2, 0.25) is 0 Å². The maximum Gasteiger partial charge on any atom is 0.309 e. The molecule has 0 spiro atoms. The third kappa shape index (κ3) is 3.72. The van der Waals surface area contributed by atoms with E-state index in [4.69, 9.17) is 10.2 Å². The molecule has 0 aliphatic heterocycles. The van der Waals surface area contributed by atoms with Crippen LogP contribution < -0.4 is 0 Å². The van der Waals surface area contributed by atoms with Crippen molar-refractivity contribution in [3.05, 3.63) is 0 Å². The normalized spacial score (nSPS) is 15.5. The minimum absolute atomic E-state index is 0.104. The molecular weight excluding hydrogens is 148 g/mol. The molecule has 4 heteroatoms. The maximum absolute atomic E-state index is 10.5. The van der Waals surface area contributed by atoms with Gasteiger partial charge in [-0.25, -0.2) is 0 Å². The lowest BCUT2D eigenvalue weighted by atomic mass is 9.98. The molecule has 0 aromatic heterocycles. The van der Waals surface area contributed by atoms with Gasteiger partial charge in [0, 0.05) is 6.42 Å². The van der Waals surface area contributed by atoms with E-state index >= 15 is 0 Å². The highest BCUT2D eigenvalue weighted by Gasteiger charge is 2.24. The molecule has 0 radical (unpaired) electrons. The number of aliphatic hydroxyl groups excluding tert-OH is 1. The van der Waals surface area contributed by atoms with E-state index < -0.39 is 18.0 Å². The second kappa shape index (κ2) is 4.08. The van der Waals surface area contributed by atoms with Crippen molar-refractivity contribution in [2.75, 3.05) is 0 Å². The quantitative estimate of drug-likeness (QED) is 0.609. The Balaban J connectivity index is 4.12. The van der Waals surface area contributed by atoms with Crippen molar-refractivity contribution in [3.8, 4) is 0 Å². The lowest BCUT2D eigenvalue weighted by Gasteiger charge is -2.12. The van der Waals surface area contributed by atoms with Crippen LogP contribution in [0.4, 0.5) is 0 Å². The fraction of sp³-hybridized carbons (Fsp3) is 0.714. The topological polar surface area (TPSA) is 74.6 Å². The van der Waals surface area contributed by atoms with Gasteiger partial charge in [0.1, 0.15) is 5.78 Å². The molecule has 0 amide bonds. The summed E-state index contributed by atoms with van der Waals surface area (Å²) in [6.45, 7) is 2.67. The first kappa shape index (κ1) is 10.1. The summed E-state index contributed by atoms with van der Waals surface area (Å²) in [7, 11) is 0. The molecule has 2 N–H and O–H groups in total. The third-order valence-corrected chi connectivity index (χ3v) is 1.41. The van der Waals surface area contributed by atoms with Crippen molar-refractivity contribution in [2.24, 2.45) is 5.92 Å². The number of hydrogen-bond donors (Lipinski definition) is 2. The molecule has 11 heavy (non-hydrogen) atoms. The van der Waals surface area contributed by atoms with Crippen molar-refractivity contribution in [3.63, 3.8) is 0 Å². The largest absolute Gasteiger partial charge is 0.481 e. The van der Waals surface area contributed by atoms with E-state index in [1.165, 1.54) is 13.8 Å². The molecule has 4 nitrogen and oxygen atoms in total. The Morgan fingerprint density at radius 3 is 2.00 bits per heavy atom. The number of carboxylic acid groups (broad SMARTS) is 1. The molecular formula is C7H12O4. The molecule has 0 saturated carbocycles. The predicted octanol–water partition coefficient (Wildman–Crippen LogP) is 0.0471. The van der Waals surface area contributed by atoms with Crippen molar-refractivity contribution < 1.29 is 19.8 Å². The van der Waals surface area contributed by atoms with Gasteiger partial charge >= 0.3 is 5.97 Å². The Morgan fingerprint density at radius 1 is 1.45 bits per heavy atom. The van der Waals surface area contributed by atoms with Gasteiger partial charge in [0.05, 0.1) is 12.0 Å². The number of carbonyl (C=O) groups is 2. The van der Waals surface area contributed by atoms with Gasteiger partial charge in [0.25, 0.3) is 0 Å². The summed E-state index contributed by atoms with van der Waals surface area (Å²) in [5, 5.41) is 17.4. The van der Waals surface area contributed by atoms with Crippen LogP contribution >= 0.6 is 0 Å². The first-order valence-corrected chi connectivity index (χ1v) is 3.35. The Bertz CT molecular complexity index is 162. The average Bonchev–Trinajstić information content (AvgIpc) is 1.81. The zero-order chi connectivity index (χ0) is 9.02. The number of aliphatic hydroxyl groups is 1. The summed E-state index contributed by atoms with van der Waals surface area (Å²) >= 11 is 0. The van der Waals surface area contributed by atoms with Gasteiger partial charge in [-0.15, -0.1) is 0 Å². The molecule has 0 aliphatic carbocycles. The molecule has 0 fully saturated rings. The van der Waals surface area contributed by atoms with Gasteiger partial charge in [-0.2, -0.15) is 0 Å². The zero-order valence-electron chi connectivity index (χ0n) is 6.57. The summed E-state index contributed by atoms with van der Waals surface area (Å²) in [6, 6.07) is 0. The Kier molecular flexibility index (Phi) is 3.74. The van der Waals surface area contributed by atoms with Crippen LogP contribution in [0.3, 0.4) is 0 Å². The molecule has 1 unspecified atom stereocenters. The summed E-state index contributed by atoms with van der Waals surface area (Å²) in [5.74, 6) is -2.32. The SMILES string of the molecule is CC(=O)C[C@H](C(=O)O)C(C)O. The summed E-state index contributed by atoms with van der Waals surface area (Å²) in [5.41, 5.74) is 0. The van der Waals surface area contributed by atoms with E-state index in [0.717, 1.165) is 0 Å². The fourth-order valence-electron chi connectivity index (χ4n) is 0.774. The highest BCUT2D eigenvalue weighted by Crippen LogP contribution is 2.09. The number of carbonyl (C=O) groups excluding carboxylic acids is 1. The number of Topliss-reactive ketones (excluding diaryl/α,β-unsaturated/α-hetero) is 1. The highest BCUT2D eigenvalue weighted by atomic mass is 16.4. The smallest absolute Gasteiger partial charge is 0.309 e. The molecule has 0 aromatic carbocycles. The van der Waals surface area contributed by atoms with Crippen molar-refractivity contribution >= 4 is 11.8 Å². The van der Waals surface area contributed by atoms with E-state index in [-0.39, 0.29) is 12.2 Å². The van der Waals surface area contributed by atoms with Crippen LogP contribution in [0.25, 0.3) is 0 Å². The van der Waals surface area contributed by atoms with Crippen LogP contribution in [0.15, 0.2) is 0 Å². The standard InChI is InChI=1S/C7H12O4/c1-4(8)3-6(5(2)9)7(10)11/h5-6,9H,3H2,1-2H3,(H,10,11)/t5?,6-/m0/s1.